The highest BCUT2D eigenvalue weighted by molar-refractivity contribution is 7.88. The summed E-state index contributed by atoms with van der Waals surface area (Å²) < 4.78 is 50.2. The van der Waals surface area contributed by atoms with Crippen molar-refractivity contribution in [3.05, 3.63) is 143 Å². The Morgan fingerprint density at radius 3 is 1.61 bits per heavy atom. The molecule has 0 aliphatic rings. The van der Waals surface area contributed by atoms with Gasteiger partial charge >= 0.3 is 5.69 Å². The second-order valence-electron chi connectivity index (χ2n) is 18.1. The van der Waals surface area contributed by atoms with Gasteiger partial charge in [0.2, 0.25) is 5.03 Å². The molecule has 8 heterocycles. The minimum atomic E-state index is -1.37. The number of thiophene rings is 3. The van der Waals surface area contributed by atoms with Gasteiger partial charge in [-0.2, -0.15) is 0 Å². The number of pyridine rings is 3. The lowest BCUT2D eigenvalue weighted by Crippen LogP contribution is -2.04. The predicted octanol–water partition coefficient (Wildman–Crippen LogP) is 14.6. The highest BCUT2D eigenvalue weighted by Gasteiger charge is 2.24. The SMILES string of the molecule is CCCCS(=O)c1ncccc1N.CCCCS(=O)c1ncccc1[N+](=O)[O-].CCCCS(=O)c1sc2nc(-c3cccs3)nc(-c3ccccc3)c2c1N.CCCCS(=O)c1sc2nc(-c3nccs3)cc(-c3ccccc3)c2c1N. The maximum absolute atomic E-state index is 12.8. The molecule has 4 atom stereocenters. The number of thiazole rings is 1. The van der Waals surface area contributed by atoms with E-state index in [1.807, 2.05) is 84.4 Å². The Morgan fingerprint density at radius 2 is 1.07 bits per heavy atom. The molecule has 82 heavy (non-hydrogen) atoms. The van der Waals surface area contributed by atoms with Gasteiger partial charge in [0.1, 0.15) is 33.8 Å². The molecule has 10 rings (SSSR count). The largest absolute Gasteiger partial charge is 0.396 e. The van der Waals surface area contributed by atoms with E-state index in [-0.39, 0.29) is 10.7 Å². The molecule has 0 radical (unpaired) electrons. The second kappa shape index (κ2) is 31.9. The van der Waals surface area contributed by atoms with Crippen LogP contribution in [0.4, 0.5) is 22.7 Å². The smallest absolute Gasteiger partial charge is 0.303 e. The Bertz CT molecular complexity index is 3590. The zero-order valence-corrected chi connectivity index (χ0v) is 52.3. The normalized spacial score (nSPS) is 12.5. The summed E-state index contributed by atoms with van der Waals surface area (Å²) in [7, 11) is -4.60. The number of anilines is 3. The summed E-state index contributed by atoms with van der Waals surface area (Å²) in [4.78, 5) is 39.3. The molecular weight excluding hydrogens is 1190 g/mol. The zero-order chi connectivity index (χ0) is 58.5. The summed E-state index contributed by atoms with van der Waals surface area (Å²) in [6, 6.07) is 32.4. The van der Waals surface area contributed by atoms with Crippen LogP contribution in [0.2, 0.25) is 0 Å². The lowest BCUT2D eigenvalue weighted by atomic mass is 10.0. The van der Waals surface area contributed by atoms with E-state index in [1.54, 1.807) is 47.2 Å². The number of nitrogen functional groups attached to an aromatic ring is 3. The van der Waals surface area contributed by atoms with Gasteiger partial charge in [-0.25, -0.2) is 29.9 Å². The average Bonchev–Trinajstić information content (AvgIpc) is 4.34. The molecule has 4 unspecified atom stereocenters. The van der Waals surface area contributed by atoms with Crippen LogP contribution in [-0.4, -0.2) is 74.7 Å². The number of nitrogens with two attached hydrogens (primary N) is 3. The number of fused-ring (bicyclic) bond motifs is 2. The second-order valence-corrected chi connectivity index (χ2v) is 28.4. The lowest BCUT2D eigenvalue weighted by molar-refractivity contribution is -0.388. The molecule has 6 N–H and O–H groups in total. The van der Waals surface area contributed by atoms with Gasteiger partial charge in [-0.1, -0.05) is 120 Å². The van der Waals surface area contributed by atoms with Crippen molar-refractivity contribution in [2.75, 3.05) is 40.2 Å². The van der Waals surface area contributed by atoms with E-state index in [0.717, 1.165) is 114 Å². The summed E-state index contributed by atoms with van der Waals surface area (Å²) >= 11 is 6.04. The maximum Gasteiger partial charge on any atom is 0.303 e. The highest BCUT2D eigenvalue weighted by Crippen LogP contribution is 2.44. The van der Waals surface area contributed by atoms with Gasteiger partial charge < -0.3 is 17.2 Å². The number of hydrogen-bond acceptors (Lipinski definition) is 19. The topological polar surface area (TPSA) is 267 Å². The number of rotatable bonds is 21. The van der Waals surface area contributed by atoms with Crippen LogP contribution >= 0.6 is 45.3 Å². The fourth-order valence-electron chi connectivity index (χ4n) is 7.84. The summed E-state index contributed by atoms with van der Waals surface area (Å²) in [6.45, 7) is 8.24. The molecule has 0 aliphatic carbocycles. The average molecular weight is 1250 g/mol. The minimum Gasteiger partial charge on any atom is -0.396 e. The van der Waals surface area contributed by atoms with E-state index in [0.29, 0.717) is 55.1 Å². The number of unbranched alkanes of at least 4 members (excludes halogenated alkanes) is 4. The van der Waals surface area contributed by atoms with Gasteiger partial charge in [-0.15, -0.1) is 45.3 Å². The summed E-state index contributed by atoms with van der Waals surface area (Å²) in [5.74, 6) is 3.02. The Labute approximate surface area is 503 Å². The fraction of sp³-hybridized carbons (Fsp3) is 0.276. The van der Waals surface area contributed by atoms with Crippen LogP contribution in [0.3, 0.4) is 0 Å². The van der Waals surface area contributed by atoms with Crippen LogP contribution in [0.5, 0.6) is 0 Å². The van der Waals surface area contributed by atoms with Crippen LogP contribution < -0.4 is 17.2 Å². The van der Waals surface area contributed by atoms with E-state index >= 15 is 0 Å². The fourth-order valence-corrected chi connectivity index (χ4v) is 17.2. The van der Waals surface area contributed by atoms with E-state index in [4.69, 9.17) is 32.2 Å². The monoisotopic (exact) mass is 1250 g/mol. The first kappa shape index (κ1) is 63.2. The lowest BCUT2D eigenvalue weighted by Gasteiger charge is -2.07. The van der Waals surface area contributed by atoms with Crippen LogP contribution in [-0.2, 0) is 43.2 Å². The van der Waals surface area contributed by atoms with Crippen molar-refractivity contribution in [3.63, 3.8) is 0 Å². The predicted molar refractivity (Wildman–Crippen MR) is 345 cm³/mol. The molecule has 0 aliphatic heterocycles. The van der Waals surface area contributed by atoms with Gasteiger partial charge in [0, 0.05) is 64.0 Å². The number of nitro groups is 1. The molecule has 0 bridgehead atoms. The van der Waals surface area contributed by atoms with Crippen molar-refractivity contribution in [3.8, 4) is 43.8 Å². The van der Waals surface area contributed by atoms with Crippen LogP contribution in [0.15, 0.2) is 151 Å². The van der Waals surface area contributed by atoms with Crippen LogP contribution in [0.25, 0.3) is 64.2 Å². The minimum absolute atomic E-state index is 0.0796. The standard InChI is InChI=1S/2C20H19N3OS3.C9H12N2O3S.C9H14N2OS/c1-2-3-12-27(24)20-16(21)15-17(13-8-5-4-6-9-13)22-18(23-19(15)26-20)14-10-7-11-25-14;1-2-3-11-27(24)20-17(21)16-14(13-7-5-4-6-8-13)12-15(23-19(16)26-20)18-22-9-10-25-18;1-2-3-7-15(14)9-8(11(12)13)5-4-6-10-9;1-2-3-7-13(12)9-8(10)5-4-6-11-9/h4-11H,2-3,12,21H2,1H3;4-10,12H,2-3,11,21H2,1H3;4-6H,2-3,7H2,1H3;4-6H,2-3,7,10H2,1H3. The molecule has 2 aromatic carbocycles. The first-order chi connectivity index (χ1) is 39.8. The van der Waals surface area contributed by atoms with Gasteiger partial charge in [-0.3, -0.25) is 26.9 Å². The molecule has 24 heteroatoms. The molecule has 0 amide bonds. The molecule has 430 valence electrons. The van der Waals surface area contributed by atoms with Crippen molar-refractivity contribution >= 4 is 132 Å². The van der Waals surface area contributed by atoms with Crippen molar-refractivity contribution < 1.29 is 21.8 Å². The van der Waals surface area contributed by atoms with Crippen molar-refractivity contribution in [1.29, 1.82) is 0 Å². The van der Waals surface area contributed by atoms with Gasteiger partial charge in [0.15, 0.2) is 5.82 Å². The molecule has 0 fully saturated rings. The summed E-state index contributed by atoms with van der Waals surface area (Å²) in [6.07, 6.45) is 12.4. The molecule has 10 aromatic rings. The molecule has 0 saturated heterocycles. The molecule has 0 spiro atoms. The van der Waals surface area contributed by atoms with Crippen LogP contribution in [0, 0.1) is 10.1 Å². The highest BCUT2D eigenvalue weighted by atomic mass is 32.2. The van der Waals surface area contributed by atoms with Crippen molar-refractivity contribution in [1.82, 2.24) is 29.9 Å². The molecule has 16 nitrogen and oxygen atoms in total. The number of hydrogen-bond donors (Lipinski definition) is 3. The molecule has 8 aromatic heterocycles. The third kappa shape index (κ3) is 16.5. The molecule has 0 saturated carbocycles. The van der Waals surface area contributed by atoms with Gasteiger partial charge in [-0.05, 0) is 72.5 Å². The Kier molecular flexibility index (Phi) is 24.6. The molecular formula is C58H64N10O6S8. The van der Waals surface area contributed by atoms with Crippen molar-refractivity contribution in [2.45, 2.75) is 97.5 Å². The maximum atomic E-state index is 12.8. The van der Waals surface area contributed by atoms with E-state index in [1.165, 1.54) is 41.0 Å². The first-order valence-electron chi connectivity index (χ1n) is 26.5. The summed E-state index contributed by atoms with van der Waals surface area (Å²) in [5.41, 5.74) is 24.8. The Balaban J connectivity index is 0.000000165. The van der Waals surface area contributed by atoms with Gasteiger partial charge in [0.25, 0.3) is 0 Å². The van der Waals surface area contributed by atoms with E-state index < -0.39 is 48.1 Å². The van der Waals surface area contributed by atoms with E-state index in [9.17, 15) is 26.9 Å². The third-order valence-corrected chi connectivity index (χ3v) is 22.6. The quantitative estimate of drug-likeness (QED) is 0.0446. The van der Waals surface area contributed by atoms with Crippen LogP contribution in [0.1, 0.15) is 79.1 Å². The zero-order valence-electron chi connectivity index (χ0n) is 45.8. The Hall–Kier alpha value is -6.38. The number of benzene rings is 2. The van der Waals surface area contributed by atoms with Crippen molar-refractivity contribution in [2.24, 2.45) is 0 Å². The van der Waals surface area contributed by atoms with E-state index in [2.05, 4.69) is 47.9 Å². The number of nitrogens with zero attached hydrogens (tertiary/aromatic N) is 7. The summed E-state index contributed by atoms with van der Waals surface area (Å²) in [5, 5.41) is 17.8. The first-order valence-corrected chi connectivity index (χ1v) is 35.2. The number of aromatic nitrogens is 6. The third-order valence-electron chi connectivity index (χ3n) is 12.1. The van der Waals surface area contributed by atoms with Gasteiger partial charge in [0.05, 0.1) is 81.1 Å². The Morgan fingerprint density at radius 1 is 0.537 bits per heavy atom.